The molecule has 0 spiro atoms. The highest BCUT2D eigenvalue weighted by Crippen LogP contribution is 2.54. The molecule has 11 heteroatoms. The molecule has 2 bridgehead atoms. The van der Waals surface area contributed by atoms with Gasteiger partial charge in [-0.2, -0.15) is 17.2 Å². The normalized spacial score (nSPS) is 42.9. The number of ether oxygens (including phenoxy) is 3. The van der Waals surface area contributed by atoms with E-state index in [1.807, 2.05) is 47.3 Å². The highest BCUT2D eigenvalue weighted by Gasteiger charge is 2.43. The Bertz CT molecular complexity index is 1500. The van der Waals surface area contributed by atoms with E-state index in [0.717, 1.165) is 47.5 Å². The minimum atomic E-state index is -0.798. The van der Waals surface area contributed by atoms with Crippen LogP contribution in [-0.2, 0) is 23.8 Å². The Morgan fingerprint density at radius 3 is 2.45 bits per heavy atom. The summed E-state index contributed by atoms with van der Waals surface area (Å²) in [6.45, 7) is 11.0. The Morgan fingerprint density at radius 1 is 1.02 bits per heavy atom. The number of carbonyl (C=O) groups is 1. The predicted molar refractivity (Wildman–Crippen MR) is 218 cm³/mol. The topological polar surface area (TPSA) is 98.3 Å². The van der Waals surface area contributed by atoms with Crippen LogP contribution in [0.2, 0.25) is 0 Å². The van der Waals surface area contributed by atoms with Crippen molar-refractivity contribution in [1.29, 1.82) is 0 Å². The van der Waals surface area contributed by atoms with Crippen LogP contribution in [0.5, 0.6) is 0 Å². The van der Waals surface area contributed by atoms with E-state index in [9.17, 15) is 9.90 Å². The highest BCUT2D eigenvalue weighted by atomic mass is 33.1. The molecular weight excluding hydrogens is 725 g/mol. The van der Waals surface area contributed by atoms with Gasteiger partial charge in [0.2, 0.25) is 0 Å². The van der Waals surface area contributed by atoms with Crippen molar-refractivity contribution < 1.29 is 28.9 Å². The zero-order valence-electron chi connectivity index (χ0n) is 32.5. The first-order chi connectivity index (χ1) is 25.5. The van der Waals surface area contributed by atoms with Crippen molar-refractivity contribution in [3.05, 3.63) is 34.9 Å². The fraction of sp³-hybridized carbons (Fsp3) is 0.738. The van der Waals surface area contributed by atoms with Gasteiger partial charge in [-0.1, -0.05) is 65.2 Å². The summed E-state index contributed by atoms with van der Waals surface area (Å²) in [6.07, 6.45) is 14.0. The third kappa shape index (κ3) is 10.4. The number of likely N-dealkylation sites (N-methyl/N-ethyl adjacent to an activating group) is 1. The van der Waals surface area contributed by atoms with Crippen LogP contribution in [0.4, 0.5) is 0 Å². The van der Waals surface area contributed by atoms with Gasteiger partial charge in [0.05, 0.1) is 30.4 Å². The molecule has 12 atom stereocenters. The number of thioether (sulfide) groups is 1. The van der Waals surface area contributed by atoms with Gasteiger partial charge in [-0.05, 0) is 114 Å². The van der Waals surface area contributed by atoms with E-state index in [1.54, 1.807) is 12.2 Å². The zero-order valence-corrected chi connectivity index (χ0v) is 35.0. The number of carbonyl (C=O) groups excluding carboxylic acids is 1. The summed E-state index contributed by atoms with van der Waals surface area (Å²) in [5.74, 6) is 16.3. The van der Waals surface area contributed by atoms with Crippen LogP contribution >= 0.6 is 33.3 Å². The van der Waals surface area contributed by atoms with Crippen LogP contribution in [0.25, 0.3) is 0 Å². The fourth-order valence-electron chi connectivity index (χ4n) is 9.65. The maximum atomic E-state index is 13.7. The SMILES string of the molecule is CNC1C(=O)CC(C)/C(=C/CSSC2(C)CC3CC(C)CC(C3)C2)C2=C1C#C/C=C\C#C[C@@H]2OC1CC(O)[C@H](NOC2CC[C@H](SC)C(C)O2)C(C)O1. The van der Waals surface area contributed by atoms with Crippen molar-refractivity contribution in [2.75, 3.05) is 19.1 Å². The average Bonchev–Trinajstić information content (AvgIpc) is 3.12. The van der Waals surface area contributed by atoms with Gasteiger partial charge in [0.15, 0.2) is 18.4 Å². The van der Waals surface area contributed by atoms with Crippen molar-refractivity contribution in [3.8, 4) is 23.7 Å². The second-order valence-corrected chi connectivity index (χ2v) is 20.4. The summed E-state index contributed by atoms with van der Waals surface area (Å²) in [5, 5.41) is 15.1. The molecule has 4 fully saturated rings. The minimum Gasteiger partial charge on any atom is -0.391 e. The monoisotopic (exact) mass is 784 g/mol. The number of rotatable bonds is 11. The molecule has 0 radical (unpaired) electrons. The Labute approximate surface area is 330 Å². The van der Waals surface area contributed by atoms with Gasteiger partial charge in [0, 0.05) is 46.2 Å². The van der Waals surface area contributed by atoms with E-state index in [2.05, 4.69) is 74.5 Å². The second-order valence-electron chi connectivity index (χ2n) is 16.4. The number of aliphatic hydroxyl groups excluding tert-OH is 1. The number of allylic oxidation sites excluding steroid dienone is 2. The quantitative estimate of drug-likeness (QED) is 0.0876. The van der Waals surface area contributed by atoms with Gasteiger partial charge in [-0.15, -0.1) is 0 Å². The summed E-state index contributed by atoms with van der Waals surface area (Å²) < 4.78 is 19.5. The van der Waals surface area contributed by atoms with Gasteiger partial charge in [0.1, 0.15) is 6.10 Å². The lowest BCUT2D eigenvalue weighted by atomic mass is 9.65. The second kappa shape index (κ2) is 18.8. The molecule has 53 heavy (non-hydrogen) atoms. The van der Waals surface area contributed by atoms with Gasteiger partial charge in [-0.25, -0.2) is 0 Å². The molecule has 292 valence electrons. The first-order valence-electron chi connectivity index (χ1n) is 19.7. The molecule has 0 aromatic rings. The molecule has 0 aromatic heterocycles. The standard InChI is InChI=1S/C42H60N2O6S3/c1-25-18-29-21-30(19-25)24-42(5,23-29)53-52-17-16-31-26(2)20-33(45)41(43-6)32-12-10-8-9-11-13-35(39(31)32)49-38-22-34(46)40(28(4)48-38)44-50-37-15-14-36(51-7)27(3)47-37/h8-9,16,25-30,34-38,40-41,43-44,46H,14-15,17-24H2,1-7H3/b9-8-,31-16-/t25?,26?,27?,28?,29?,30?,34?,35-,36-,37?,38?,40+,41?,42?/m0/s1. The largest absolute Gasteiger partial charge is 0.391 e. The van der Waals surface area contributed by atoms with E-state index in [0.29, 0.717) is 17.2 Å². The Kier molecular flexibility index (Phi) is 14.7. The summed E-state index contributed by atoms with van der Waals surface area (Å²) in [7, 11) is 5.78. The maximum absolute atomic E-state index is 13.7. The molecule has 4 aliphatic carbocycles. The predicted octanol–water partition coefficient (Wildman–Crippen LogP) is 7.00. The van der Waals surface area contributed by atoms with Crippen molar-refractivity contribution >= 4 is 39.1 Å². The number of hydrogen-bond donors (Lipinski definition) is 3. The van der Waals surface area contributed by atoms with E-state index in [-0.39, 0.29) is 35.3 Å². The molecule has 3 N–H and O–H groups in total. The van der Waals surface area contributed by atoms with E-state index in [4.69, 9.17) is 19.0 Å². The molecule has 9 unspecified atom stereocenters. The number of aliphatic hydroxyl groups is 1. The van der Waals surface area contributed by atoms with Gasteiger partial charge >= 0.3 is 0 Å². The van der Waals surface area contributed by atoms with Crippen molar-refractivity contribution in [2.24, 2.45) is 23.7 Å². The lowest BCUT2D eigenvalue weighted by Gasteiger charge is -2.46. The molecule has 2 aliphatic heterocycles. The zero-order chi connectivity index (χ0) is 37.7. The Hall–Kier alpha value is -1.22. The summed E-state index contributed by atoms with van der Waals surface area (Å²) in [6, 6.07) is -1.04. The number of ketones is 1. The van der Waals surface area contributed by atoms with Gasteiger partial charge in [0.25, 0.3) is 0 Å². The van der Waals surface area contributed by atoms with E-state index < -0.39 is 36.7 Å². The lowest BCUT2D eigenvalue weighted by Crippen LogP contribution is -2.56. The smallest absolute Gasteiger partial charge is 0.177 e. The number of fused-ring (bicyclic) bond motifs is 2. The average molecular weight is 785 g/mol. The third-order valence-electron chi connectivity index (χ3n) is 11.9. The Morgan fingerprint density at radius 2 is 1.75 bits per heavy atom. The molecule has 0 aromatic carbocycles. The number of Topliss-reactive ketones (excluding diaryl/α,β-unsaturated/α-hetero) is 1. The van der Waals surface area contributed by atoms with Crippen LogP contribution in [0.15, 0.2) is 34.9 Å². The summed E-state index contributed by atoms with van der Waals surface area (Å²) >= 11 is 1.82. The molecule has 6 aliphatic rings. The van der Waals surface area contributed by atoms with Crippen molar-refractivity contribution in [2.45, 2.75) is 151 Å². The van der Waals surface area contributed by atoms with Crippen LogP contribution < -0.4 is 10.8 Å². The highest BCUT2D eigenvalue weighted by molar-refractivity contribution is 8.77. The molecule has 2 heterocycles. The van der Waals surface area contributed by atoms with Gasteiger partial charge < -0.3 is 24.6 Å². The van der Waals surface area contributed by atoms with Crippen LogP contribution in [0, 0.1) is 47.4 Å². The van der Waals surface area contributed by atoms with Crippen LogP contribution in [0.3, 0.4) is 0 Å². The first kappa shape index (κ1) is 41.4. The van der Waals surface area contributed by atoms with Crippen LogP contribution in [-0.4, -0.2) is 89.0 Å². The molecule has 8 nitrogen and oxygen atoms in total. The molecule has 0 amide bonds. The Balaban J connectivity index is 1.18. The molecule has 2 saturated carbocycles. The van der Waals surface area contributed by atoms with E-state index in [1.165, 1.54) is 32.1 Å². The van der Waals surface area contributed by atoms with E-state index >= 15 is 0 Å². The summed E-state index contributed by atoms with van der Waals surface area (Å²) in [5.41, 5.74) is 5.65. The van der Waals surface area contributed by atoms with Crippen LogP contribution in [0.1, 0.15) is 92.4 Å². The minimum absolute atomic E-state index is 0.0515. The molecule has 2 saturated heterocycles. The first-order valence-corrected chi connectivity index (χ1v) is 23.3. The van der Waals surface area contributed by atoms with Gasteiger partial charge in [-0.3, -0.25) is 9.63 Å². The van der Waals surface area contributed by atoms with Crippen molar-refractivity contribution in [3.63, 3.8) is 0 Å². The molecular formula is C42H60N2O6S3. The number of hydroxylamine groups is 1. The fourth-order valence-corrected chi connectivity index (χ4v) is 13.3. The molecule has 6 rings (SSSR count). The number of nitrogens with one attached hydrogen (secondary N) is 2. The maximum Gasteiger partial charge on any atom is 0.177 e. The number of hydrogen-bond acceptors (Lipinski definition) is 11. The lowest BCUT2D eigenvalue weighted by molar-refractivity contribution is -0.266. The van der Waals surface area contributed by atoms with Crippen molar-refractivity contribution in [1.82, 2.24) is 10.8 Å². The summed E-state index contributed by atoms with van der Waals surface area (Å²) in [4.78, 5) is 19.6. The third-order valence-corrected chi connectivity index (χ3v) is 16.3.